The standard InChI is InChI=1S/C42H73NO6/c1-3-5-7-9-11-13-15-17-19-21-23-25-33-48-41(44)29-31-43(38-27-28-39-40(37-38)47-36-35-46-39)32-30-42(45)49-34-26-24-22-20-18-16-14-12-10-8-6-4-2/h27-28,37H,3-26,29-36H2,1-2H3. The van der Waals surface area contributed by atoms with Crippen molar-refractivity contribution in [2.45, 2.75) is 181 Å². The summed E-state index contributed by atoms with van der Waals surface area (Å²) in [6.45, 7) is 7.45. The Balaban J connectivity index is 1.60. The van der Waals surface area contributed by atoms with Crippen molar-refractivity contribution >= 4 is 17.6 Å². The summed E-state index contributed by atoms with van der Waals surface area (Å²) in [6.07, 6.45) is 31.3. The number of ether oxygens (including phenoxy) is 4. The van der Waals surface area contributed by atoms with E-state index in [0.717, 1.165) is 37.1 Å². The number of anilines is 1. The molecule has 282 valence electrons. The van der Waals surface area contributed by atoms with E-state index in [1.165, 1.54) is 128 Å². The highest BCUT2D eigenvalue weighted by Gasteiger charge is 2.17. The third-order valence-electron chi connectivity index (χ3n) is 9.58. The van der Waals surface area contributed by atoms with Crippen LogP contribution < -0.4 is 14.4 Å². The fourth-order valence-corrected chi connectivity index (χ4v) is 6.45. The van der Waals surface area contributed by atoms with Crippen LogP contribution in [0.2, 0.25) is 0 Å². The second kappa shape index (κ2) is 30.4. The Bertz CT molecular complexity index is 907. The highest BCUT2D eigenvalue weighted by atomic mass is 16.6. The molecule has 0 amide bonds. The van der Waals surface area contributed by atoms with Crippen molar-refractivity contribution in [1.82, 2.24) is 0 Å². The van der Waals surface area contributed by atoms with Crippen LogP contribution in [0.5, 0.6) is 11.5 Å². The van der Waals surface area contributed by atoms with E-state index in [1.807, 2.05) is 23.1 Å². The van der Waals surface area contributed by atoms with Gasteiger partial charge in [-0.3, -0.25) is 9.59 Å². The number of hydrogen-bond donors (Lipinski definition) is 0. The highest BCUT2D eigenvalue weighted by Crippen LogP contribution is 2.34. The van der Waals surface area contributed by atoms with Crippen LogP contribution in [-0.4, -0.2) is 51.5 Å². The smallest absolute Gasteiger partial charge is 0.307 e. The van der Waals surface area contributed by atoms with Gasteiger partial charge in [-0.1, -0.05) is 155 Å². The third-order valence-corrected chi connectivity index (χ3v) is 9.58. The molecular weight excluding hydrogens is 614 g/mol. The summed E-state index contributed by atoms with van der Waals surface area (Å²) in [4.78, 5) is 27.3. The molecule has 0 unspecified atom stereocenters. The number of carbonyl (C=O) groups is 2. The van der Waals surface area contributed by atoms with Crippen LogP contribution in [0.3, 0.4) is 0 Å². The zero-order valence-electron chi connectivity index (χ0n) is 31.8. The average molecular weight is 688 g/mol. The molecule has 1 aromatic rings. The van der Waals surface area contributed by atoms with Crippen LogP contribution in [-0.2, 0) is 19.1 Å². The SMILES string of the molecule is CCCCCCCCCCCCCCOC(=O)CCN(CCC(=O)OCCCCCCCCCCCCCC)c1ccc2c(c1)OCCO2. The predicted octanol–water partition coefficient (Wildman–Crippen LogP) is 11.5. The van der Waals surface area contributed by atoms with E-state index in [-0.39, 0.29) is 24.8 Å². The topological polar surface area (TPSA) is 74.3 Å². The molecule has 0 aromatic heterocycles. The molecule has 0 fully saturated rings. The van der Waals surface area contributed by atoms with Gasteiger partial charge in [-0.25, -0.2) is 0 Å². The van der Waals surface area contributed by atoms with E-state index in [0.29, 0.717) is 45.3 Å². The maximum absolute atomic E-state index is 12.6. The highest BCUT2D eigenvalue weighted by molar-refractivity contribution is 5.72. The van der Waals surface area contributed by atoms with Crippen molar-refractivity contribution < 1.29 is 28.5 Å². The number of nitrogens with zero attached hydrogens (tertiary/aromatic N) is 1. The zero-order valence-corrected chi connectivity index (χ0v) is 31.8. The van der Waals surface area contributed by atoms with Crippen LogP contribution in [0.4, 0.5) is 5.69 Å². The van der Waals surface area contributed by atoms with Crippen LogP contribution in [0.1, 0.15) is 181 Å². The van der Waals surface area contributed by atoms with E-state index >= 15 is 0 Å². The average Bonchev–Trinajstić information content (AvgIpc) is 3.12. The lowest BCUT2D eigenvalue weighted by Gasteiger charge is -2.26. The quantitative estimate of drug-likeness (QED) is 0.0538. The summed E-state index contributed by atoms with van der Waals surface area (Å²) in [7, 11) is 0. The molecule has 0 aliphatic carbocycles. The number of unbranched alkanes of at least 4 members (excludes halogenated alkanes) is 22. The number of esters is 2. The lowest BCUT2D eigenvalue weighted by atomic mass is 10.1. The minimum absolute atomic E-state index is 0.194. The summed E-state index contributed by atoms with van der Waals surface area (Å²) >= 11 is 0. The van der Waals surface area contributed by atoms with Crippen LogP contribution in [0.25, 0.3) is 0 Å². The number of carbonyl (C=O) groups excluding carboxylic acids is 2. The first-order valence-electron chi connectivity index (χ1n) is 20.6. The van der Waals surface area contributed by atoms with Gasteiger partial charge in [0.25, 0.3) is 0 Å². The minimum Gasteiger partial charge on any atom is -0.486 e. The molecular formula is C42H73NO6. The molecule has 1 aliphatic rings. The number of hydrogen-bond acceptors (Lipinski definition) is 7. The summed E-state index contributed by atoms with van der Waals surface area (Å²) in [5.41, 5.74) is 0.895. The molecule has 2 rings (SSSR count). The fourth-order valence-electron chi connectivity index (χ4n) is 6.45. The molecule has 0 spiro atoms. The maximum atomic E-state index is 12.6. The van der Waals surface area contributed by atoms with Gasteiger partial charge in [0.2, 0.25) is 0 Å². The molecule has 7 nitrogen and oxygen atoms in total. The van der Waals surface area contributed by atoms with Crippen molar-refractivity contribution in [3.63, 3.8) is 0 Å². The summed E-state index contributed by atoms with van der Waals surface area (Å²) in [5.74, 6) is 1.02. The molecule has 0 radical (unpaired) electrons. The van der Waals surface area contributed by atoms with E-state index in [9.17, 15) is 9.59 Å². The Morgan fingerprint density at radius 2 is 0.898 bits per heavy atom. The van der Waals surface area contributed by atoms with Crippen LogP contribution in [0.15, 0.2) is 18.2 Å². The third kappa shape index (κ3) is 22.8. The maximum Gasteiger partial charge on any atom is 0.307 e. The molecule has 0 N–H and O–H groups in total. The van der Waals surface area contributed by atoms with Crippen LogP contribution in [0, 0.1) is 0 Å². The first kappa shape index (κ1) is 42.7. The van der Waals surface area contributed by atoms with Gasteiger partial charge in [0.1, 0.15) is 13.2 Å². The van der Waals surface area contributed by atoms with Crippen molar-refractivity contribution in [3.8, 4) is 11.5 Å². The van der Waals surface area contributed by atoms with Crippen LogP contribution >= 0.6 is 0 Å². The molecule has 7 heteroatoms. The first-order valence-corrected chi connectivity index (χ1v) is 20.6. The zero-order chi connectivity index (χ0) is 35.0. The van der Waals surface area contributed by atoms with E-state index in [1.54, 1.807) is 0 Å². The number of rotatable bonds is 33. The molecule has 1 aromatic carbocycles. The molecule has 0 atom stereocenters. The van der Waals surface area contributed by atoms with Crippen molar-refractivity contribution in [2.75, 3.05) is 44.4 Å². The largest absolute Gasteiger partial charge is 0.486 e. The van der Waals surface area contributed by atoms with Gasteiger partial charge in [-0.05, 0) is 25.0 Å². The Labute approximate surface area is 300 Å². The Morgan fingerprint density at radius 1 is 0.531 bits per heavy atom. The van der Waals surface area contributed by atoms with E-state index in [2.05, 4.69) is 13.8 Å². The van der Waals surface area contributed by atoms with Gasteiger partial charge in [0, 0.05) is 24.8 Å². The number of benzene rings is 1. The van der Waals surface area contributed by atoms with E-state index < -0.39 is 0 Å². The number of fused-ring (bicyclic) bond motifs is 1. The second-order valence-electron chi connectivity index (χ2n) is 14.0. The lowest BCUT2D eigenvalue weighted by Crippen LogP contribution is -2.30. The fraction of sp³-hybridized carbons (Fsp3) is 0.810. The van der Waals surface area contributed by atoms with Gasteiger partial charge in [-0.15, -0.1) is 0 Å². The van der Waals surface area contributed by atoms with Gasteiger partial charge >= 0.3 is 11.9 Å². The Hall–Kier alpha value is -2.44. The molecule has 0 saturated carbocycles. The monoisotopic (exact) mass is 688 g/mol. The van der Waals surface area contributed by atoms with Crippen molar-refractivity contribution in [2.24, 2.45) is 0 Å². The van der Waals surface area contributed by atoms with Gasteiger partial charge < -0.3 is 23.8 Å². The van der Waals surface area contributed by atoms with Crippen molar-refractivity contribution in [1.29, 1.82) is 0 Å². The minimum atomic E-state index is -0.194. The Morgan fingerprint density at radius 3 is 1.31 bits per heavy atom. The summed E-state index contributed by atoms with van der Waals surface area (Å²) in [5, 5.41) is 0. The predicted molar refractivity (Wildman–Crippen MR) is 203 cm³/mol. The molecule has 0 saturated heterocycles. The van der Waals surface area contributed by atoms with Gasteiger partial charge in [0.05, 0.1) is 26.1 Å². The lowest BCUT2D eigenvalue weighted by molar-refractivity contribution is -0.144. The normalized spacial score (nSPS) is 12.2. The summed E-state index contributed by atoms with van der Waals surface area (Å²) in [6, 6.07) is 5.79. The van der Waals surface area contributed by atoms with Crippen molar-refractivity contribution in [3.05, 3.63) is 18.2 Å². The Kier molecular flexibility index (Phi) is 26.5. The molecule has 1 heterocycles. The molecule has 0 bridgehead atoms. The molecule has 49 heavy (non-hydrogen) atoms. The summed E-state index contributed by atoms with van der Waals surface area (Å²) < 4.78 is 22.6. The van der Waals surface area contributed by atoms with Gasteiger partial charge in [-0.2, -0.15) is 0 Å². The van der Waals surface area contributed by atoms with E-state index in [4.69, 9.17) is 18.9 Å². The second-order valence-corrected chi connectivity index (χ2v) is 14.0. The van der Waals surface area contributed by atoms with Gasteiger partial charge in [0.15, 0.2) is 11.5 Å². The first-order chi connectivity index (χ1) is 24.1. The molecule has 1 aliphatic heterocycles.